The molecule has 2 heterocycles. The van der Waals surface area contributed by atoms with E-state index in [4.69, 9.17) is 5.73 Å². The maximum atomic E-state index is 15.0. The van der Waals surface area contributed by atoms with E-state index in [1.807, 2.05) is 24.7 Å². The van der Waals surface area contributed by atoms with Gasteiger partial charge in [0.2, 0.25) is 0 Å². The van der Waals surface area contributed by atoms with E-state index in [-0.39, 0.29) is 17.4 Å². The summed E-state index contributed by atoms with van der Waals surface area (Å²) in [7, 11) is 0. The number of benzene rings is 2. The largest absolute Gasteiger partial charge is 0.394 e. The Balaban J connectivity index is 1.59. The number of carbonyl (C=O) groups excluding carboxylic acids is 1. The lowest BCUT2D eigenvalue weighted by Gasteiger charge is -2.17. The van der Waals surface area contributed by atoms with Gasteiger partial charge in [0, 0.05) is 35.1 Å². The standard InChI is InChI=1S/C26H25F2N5O2/c1-15(2)33-13-19(12-31-33)18-9-22(25(29)30-11-18)16-6-7-21(23(28)10-16)26(35)32-24(14-34)17-4-3-5-20(27)8-17/h3-13,15,24,34H,14H2,1-2H3,(H2,29,30)(H,32,35)/t24-/m1/s1. The average Bonchev–Trinajstić information content (AvgIpc) is 3.33. The van der Waals surface area contributed by atoms with E-state index in [9.17, 15) is 18.7 Å². The van der Waals surface area contributed by atoms with E-state index in [2.05, 4.69) is 15.4 Å². The van der Waals surface area contributed by atoms with Gasteiger partial charge in [-0.3, -0.25) is 9.48 Å². The van der Waals surface area contributed by atoms with Crippen molar-refractivity contribution in [3.8, 4) is 22.3 Å². The first-order valence-corrected chi connectivity index (χ1v) is 11.0. The fourth-order valence-electron chi connectivity index (χ4n) is 3.69. The fraction of sp³-hybridized carbons (Fsp3) is 0.192. The zero-order chi connectivity index (χ0) is 25.1. The third-order valence-electron chi connectivity index (χ3n) is 5.65. The Morgan fingerprint density at radius 1 is 1.09 bits per heavy atom. The number of nitrogens with zero attached hydrogens (tertiary/aromatic N) is 3. The summed E-state index contributed by atoms with van der Waals surface area (Å²) in [6.07, 6.45) is 5.24. The summed E-state index contributed by atoms with van der Waals surface area (Å²) in [6.45, 7) is 3.56. The molecule has 0 fully saturated rings. The highest BCUT2D eigenvalue weighted by Crippen LogP contribution is 2.31. The number of anilines is 1. The van der Waals surface area contributed by atoms with E-state index in [0.717, 1.165) is 11.1 Å². The van der Waals surface area contributed by atoms with Gasteiger partial charge in [-0.1, -0.05) is 18.2 Å². The highest BCUT2D eigenvalue weighted by molar-refractivity contribution is 5.95. The lowest BCUT2D eigenvalue weighted by molar-refractivity contribution is 0.0912. The molecule has 0 aliphatic carbocycles. The maximum absolute atomic E-state index is 15.0. The number of carbonyl (C=O) groups is 1. The second-order valence-corrected chi connectivity index (χ2v) is 8.42. The molecule has 0 aliphatic rings. The van der Waals surface area contributed by atoms with Crippen molar-refractivity contribution in [3.63, 3.8) is 0 Å². The molecule has 4 N–H and O–H groups in total. The Morgan fingerprint density at radius 3 is 2.54 bits per heavy atom. The number of nitrogens with two attached hydrogens (primary N) is 1. The average molecular weight is 478 g/mol. The van der Waals surface area contributed by atoms with Gasteiger partial charge < -0.3 is 16.2 Å². The molecular weight excluding hydrogens is 452 g/mol. The lowest BCUT2D eigenvalue weighted by Crippen LogP contribution is -2.31. The van der Waals surface area contributed by atoms with Gasteiger partial charge in [0.25, 0.3) is 5.91 Å². The number of rotatable bonds is 7. The molecule has 35 heavy (non-hydrogen) atoms. The zero-order valence-electron chi connectivity index (χ0n) is 19.2. The predicted molar refractivity (Wildman–Crippen MR) is 129 cm³/mol. The minimum Gasteiger partial charge on any atom is -0.394 e. The molecule has 1 atom stereocenters. The first-order valence-electron chi connectivity index (χ1n) is 11.0. The van der Waals surface area contributed by atoms with Crippen molar-refractivity contribution in [2.75, 3.05) is 12.3 Å². The van der Waals surface area contributed by atoms with Gasteiger partial charge >= 0.3 is 0 Å². The maximum Gasteiger partial charge on any atom is 0.254 e. The molecule has 0 saturated heterocycles. The van der Waals surface area contributed by atoms with Crippen molar-refractivity contribution in [3.05, 3.63) is 89.9 Å². The van der Waals surface area contributed by atoms with Gasteiger partial charge in [0.05, 0.1) is 24.4 Å². The Bertz CT molecular complexity index is 1370. The third kappa shape index (κ3) is 5.20. The summed E-state index contributed by atoms with van der Waals surface area (Å²) < 4.78 is 30.3. The number of aromatic nitrogens is 3. The van der Waals surface area contributed by atoms with Crippen molar-refractivity contribution in [2.24, 2.45) is 0 Å². The minimum absolute atomic E-state index is 0.198. The first-order chi connectivity index (χ1) is 16.8. The quantitative estimate of drug-likeness (QED) is 0.363. The van der Waals surface area contributed by atoms with Crippen LogP contribution in [0.1, 0.15) is 41.9 Å². The third-order valence-corrected chi connectivity index (χ3v) is 5.65. The van der Waals surface area contributed by atoms with Crippen molar-refractivity contribution in [1.29, 1.82) is 0 Å². The second-order valence-electron chi connectivity index (χ2n) is 8.42. The van der Waals surface area contributed by atoms with Crippen LogP contribution in [0, 0.1) is 11.6 Å². The first kappa shape index (κ1) is 24.0. The molecule has 0 spiro atoms. The summed E-state index contributed by atoms with van der Waals surface area (Å²) in [5, 5.41) is 16.5. The summed E-state index contributed by atoms with van der Waals surface area (Å²) in [5.41, 5.74) is 8.80. The van der Waals surface area contributed by atoms with E-state index in [1.54, 1.807) is 30.6 Å². The molecule has 1 amide bonds. The van der Waals surface area contributed by atoms with Crippen LogP contribution < -0.4 is 11.1 Å². The molecule has 2 aromatic carbocycles. The van der Waals surface area contributed by atoms with Crippen molar-refractivity contribution in [2.45, 2.75) is 25.9 Å². The van der Waals surface area contributed by atoms with Crippen LogP contribution in [0.2, 0.25) is 0 Å². The van der Waals surface area contributed by atoms with E-state index in [1.165, 1.54) is 30.3 Å². The summed E-state index contributed by atoms with van der Waals surface area (Å²) >= 11 is 0. The normalized spacial score (nSPS) is 12.1. The van der Waals surface area contributed by atoms with Gasteiger partial charge in [-0.25, -0.2) is 13.8 Å². The van der Waals surface area contributed by atoms with E-state index >= 15 is 0 Å². The van der Waals surface area contributed by atoms with E-state index in [0.29, 0.717) is 16.7 Å². The van der Waals surface area contributed by atoms with Crippen LogP contribution in [0.5, 0.6) is 0 Å². The number of aliphatic hydroxyl groups excluding tert-OH is 1. The van der Waals surface area contributed by atoms with Crippen molar-refractivity contribution < 1.29 is 18.7 Å². The van der Waals surface area contributed by atoms with Gasteiger partial charge in [0.1, 0.15) is 17.5 Å². The van der Waals surface area contributed by atoms with E-state index < -0.39 is 30.2 Å². The van der Waals surface area contributed by atoms with Crippen LogP contribution in [0.4, 0.5) is 14.6 Å². The predicted octanol–water partition coefficient (Wildman–Crippen LogP) is 4.52. The number of nitrogens with one attached hydrogen (secondary N) is 1. The van der Waals surface area contributed by atoms with Crippen molar-refractivity contribution >= 4 is 11.7 Å². The molecule has 0 aliphatic heterocycles. The van der Waals surface area contributed by atoms with Gasteiger partial charge in [-0.2, -0.15) is 5.10 Å². The number of hydrogen-bond acceptors (Lipinski definition) is 5. The molecule has 9 heteroatoms. The highest BCUT2D eigenvalue weighted by atomic mass is 19.1. The Labute approximate surface area is 201 Å². The summed E-state index contributed by atoms with van der Waals surface area (Å²) in [5.74, 6) is -1.80. The fourth-order valence-corrected chi connectivity index (χ4v) is 3.69. The molecule has 0 unspecified atom stereocenters. The SMILES string of the molecule is CC(C)n1cc(-c2cnc(N)c(-c3ccc(C(=O)N[C@H](CO)c4cccc(F)c4)c(F)c3)c2)cn1. The van der Waals surface area contributed by atoms with Crippen LogP contribution in [0.15, 0.2) is 67.1 Å². The molecule has 4 aromatic rings. The van der Waals surface area contributed by atoms with Gasteiger partial charge in [-0.05, 0) is 55.3 Å². The highest BCUT2D eigenvalue weighted by Gasteiger charge is 2.19. The molecular formula is C26H25F2N5O2. The van der Waals surface area contributed by atoms with Crippen molar-refractivity contribution in [1.82, 2.24) is 20.1 Å². The molecule has 2 aromatic heterocycles. The minimum atomic E-state index is -0.888. The van der Waals surface area contributed by atoms with Crippen LogP contribution in [0.3, 0.4) is 0 Å². The Morgan fingerprint density at radius 2 is 1.89 bits per heavy atom. The second kappa shape index (κ2) is 10.0. The van der Waals surface area contributed by atoms with Gasteiger partial charge in [0.15, 0.2) is 0 Å². The number of hydrogen-bond donors (Lipinski definition) is 3. The van der Waals surface area contributed by atoms with Crippen LogP contribution in [-0.2, 0) is 0 Å². The Kier molecular flexibility index (Phi) is 6.88. The number of pyridine rings is 1. The zero-order valence-corrected chi connectivity index (χ0v) is 19.2. The smallest absolute Gasteiger partial charge is 0.254 e. The summed E-state index contributed by atoms with van der Waals surface area (Å²) in [6, 6.07) is 10.7. The van der Waals surface area contributed by atoms with Crippen LogP contribution in [0.25, 0.3) is 22.3 Å². The molecule has 7 nitrogen and oxygen atoms in total. The monoisotopic (exact) mass is 477 g/mol. The molecule has 180 valence electrons. The number of nitrogen functional groups attached to an aromatic ring is 1. The molecule has 0 saturated carbocycles. The molecule has 4 rings (SSSR count). The molecule has 0 bridgehead atoms. The van der Waals surface area contributed by atoms with Crippen LogP contribution in [-0.4, -0.2) is 32.4 Å². The lowest BCUT2D eigenvalue weighted by atomic mass is 10.0. The molecule has 0 radical (unpaired) electrons. The topological polar surface area (TPSA) is 106 Å². The number of amides is 1. The Hall–Kier alpha value is -4.11. The summed E-state index contributed by atoms with van der Waals surface area (Å²) in [4.78, 5) is 16.9. The number of halogens is 2. The van der Waals surface area contributed by atoms with Gasteiger partial charge in [-0.15, -0.1) is 0 Å². The number of aliphatic hydroxyl groups is 1. The van der Waals surface area contributed by atoms with Crippen LogP contribution >= 0.6 is 0 Å².